The quantitative estimate of drug-likeness (QED) is 0.709. The van der Waals surface area contributed by atoms with Crippen LogP contribution in [0.15, 0.2) is 30.3 Å². The Kier molecular flexibility index (Phi) is 7.73. The maximum Gasteiger partial charge on any atom is 0.247 e. The normalized spacial score (nSPS) is 11.9. The Morgan fingerprint density at radius 3 is 2.30 bits per heavy atom. The Bertz CT molecular complexity index is 743. The van der Waals surface area contributed by atoms with Crippen molar-refractivity contribution >= 4 is 11.7 Å². The number of benzene rings is 1. The minimum absolute atomic E-state index is 0.0990. The highest BCUT2D eigenvalue weighted by atomic mass is 16.3. The van der Waals surface area contributed by atoms with Crippen molar-refractivity contribution in [3.05, 3.63) is 41.6 Å². The van der Waals surface area contributed by atoms with Crippen molar-refractivity contribution in [3.63, 3.8) is 0 Å². The number of amides is 1. The summed E-state index contributed by atoms with van der Waals surface area (Å²) in [7, 11) is 0. The van der Waals surface area contributed by atoms with Gasteiger partial charge in [0.05, 0.1) is 6.61 Å². The zero-order valence-electron chi connectivity index (χ0n) is 16.7. The minimum Gasteiger partial charge on any atom is -0.394 e. The van der Waals surface area contributed by atoms with Crippen LogP contribution in [0.2, 0.25) is 0 Å². The number of aryl methyl sites for hydroxylation is 1. The fourth-order valence-corrected chi connectivity index (χ4v) is 2.93. The predicted octanol–water partition coefficient (Wildman–Crippen LogP) is 3.18. The van der Waals surface area contributed by atoms with Crippen molar-refractivity contribution in [2.75, 3.05) is 25.0 Å². The van der Waals surface area contributed by atoms with Crippen LogP contribution < -0.4 is 5.32 Å². The molecule has 0 aliphatic rings. The van der Waals surface area contributed by atoms with Gasteiger partial charge in [-0.15, -0.1) is 0 Å². The fourth-order valence-electron chi connectivity index (χ4n) is 2.93. The first-order valence-corrected chi connectivity index (χ1v) is 9.58. The van der Waals surface area contributed by atoms with E-state index in [9.17, 15) is 9.90 Å². The van der Waals surface area contributed by atoms with Gasteiger partial charge in [0.25, 0.3) is 0 Å². The summed E-state index contributed by atoms with van der Waals surface area (Å²) in [5.74, 6) is 1.09. The summed E-state index contributed by atoms with van der Waals surface area (Å²) in [4.78, 5) is 23.9. The molecule has 6 nitrogen and oxygen atoms in total. The first-order valence-electron chi connectivity index (χ1n) is 9.58. The molecular formula is C21H30N4O2. The van der Waals surface area contributed by atoms with Crippen molar-refractivity contribution in [3.8, 4) is 11.4 Å². The molecule has 1 heterocycles. The zero-order valence-corrected chi connectivity index (χ0v) is 16.7. The number of anilines is 1. The summed E-state index contributed by atoms with van der Waals surface area (Å²) in [5.41, 5.74) is 2.63. The summed E-state index contributed by atoms with van der Waals surface area (Å²) < 4.78 is 0. The Morgan fingerprint density at radius 2 is 1.74 bits per heavy atom. The third kappa shape index (κ3) is 5.26. The van der Waals surface area contributed by atoms with Crippen molar-refractivity contribution in [1.82, 2.24) is 14.9 Å². The van der Waals surface area contributed by atoms with Crippen LogP contribution in [0.1, 0.15) is 37.9 Å². The number of aliphatic hydroxyl groups is 1. The standard InChI is InChI=1S/C21H30N4O2/c1-5-12-25(13-6-2)21(27)18(14-26)23-19-15(3)16(4)22-20(24-19)17-10-8-7-9-11-17/h7-11,18,26H,5-6,12-14H2,1-4H3,(H,22,23,24). The van der Waals surface area contributed by atoms with Gasteiger partial charge in [-0.05, 0) is 26.7 Å². The molecule has 0 radical (unpaired) electrons. The van der Waals surface area contributed by atoms with Gasteiger partial charge in [0.2, 0.25) is 5.91 Å². The Morgan fingerprint density at radius 1 is 1.11 bits per heavy atom. The molecule has 0 fully saturated rings. The molecule has 6 heteroatoms. The van der Waals surface area contributed by atoms with Gasteiger partial charge in [0.15, 0.2) is 5.82 Å². The van der Waals surface area contributed by atoms with Gasteiger partial charge in [0.1, 0.15) is 11.9 Å². The Labute approximate surface area is 161 Å². The van der Waals surface area contributed by atoms with Crippen LogP contribution in [0.5, 0.6) is 0 Å². The van der Waals surface area contributed by atoms with Crippen LogP contribution in [-0.4, -0.2) is 51.6 Å². The predicted molar refractivity (Wildman–Crippen MR) is 109 cm³/mol. The van der Waals surface area contributed by atoms with E-state index in [2.05, 4.69) is 15.3 Å². The molecule has 0 bridgehead atoms. The lowest BCUT2D eigenvalue weighted by Crippen LogP contribution is -2.45. The average molecular weight is 370 g/mol. The lowest BCUT2D eigenvalue weighted by molar-refractivity contribution is -0.132. The third-order valence-electron chi connectivity index (χ3n) is 4.51. The number of aliphatic hydroxyl groups excluding tert-OH is 1. The molecule has 1 amide bonds. The second-order valence-electron chi connectivity index (χ2n) is 6.68. The molecule has 1 atom stereocenters. The average Bonchev–Trinajstić information content (AvgIpc) is 2.69. The SMILES string of the molecule is CCCN(CCC)C(=O)C(CO)Nc1nc(-c2ccccc2)nc(C)c1C. The summed E-state index contributed by atoms with van der Waals surface area (Å²) in [5, 5.41) is 13.0. The van der Waals surface area contributed by atoms with Crippen LogP contribution in [0.4, 0.5) is 5.82 Å². The van der Waals surface area contributed by atoms with E-state index in [1.165, 1.54) is 0 Å². The van der Waals surface area contributed by atoms with Crippen molar-refractivity contribution in [2.45, 2.75) is 46.6 Å². The van der Waals surface area contributed by atoms with Crippen molar-refractivity contribution in [2.24, 2.45) is 0 Å². The van der Waals surface area contributed by atoms with Crippen LogP contribution in [-0.2, 0) is 4.79 Å². The summed E-state index contributed by atoms with van der Waals surface area (Å²) >= 11 is 0. The molecule has 0 spiro atoms. The number of rotatable bonds is 9. The van der Waals surface area contributed by atoms with Gasteiger partial charge in [-0.1, -0.05) is 44.2 Å². The lowest BCUT2D eigenvalue weighted by atomic mass is 10.1. The topological polar surface area (TPSA) is 78.4 Å². The second-order valence-corrected chi connectivity index (χ2v) is 6.68. The van der Waals surface area contributed by atoms with Crippen LogP contribution in [0, 0.1) is 13.8 Å². The maximum absolute atomic E-state index is 12.9. The number of aromatic nitrogens is 2. The van der Waals surface area contributed by atoms with Crippen molar-refractivity contribution in [1.29, 1.82) is 0 Å². The Hall–Kier alpha value is -2.47. The molecule has 1 unspecified atom stereocenters. The molecule has 1 aromatic carbocycles. The van der Waals surface area contributed by atoms with E-state index in [0.29, 0.717) is 24.7 Å². The van der Waals surface area contributed by atoms with Crippen molar-refractivity contribution < 1.29 is 9.90 Å². The lowest BCUT2D eigenvalue weighted by Gasteiger charge is -2.27. The van der Waals surface area contributed by atoms with E-state index in [1.54, 1.807) is 4.90 Å². The molecule has 2 N–H and O–H groups in total. The molecule has 0 aliphatic heterocycles. The smallest absolute Gasteiger partial charge is 0.247 e. The number of nitrogens with zero attached hydrogens (tertiary/aromatic N) is 3. The van der Waals surface area contributed by atoms with Crippen LogP contribution >= 0.6 is 0 Å². The first kappa shape index (κ1) is 20.8. The molecule has 0 aliphatic carbocycles. The number of carbonyl (C=O) groups excluding carboxylic acids is 1. The second kappa shape index (κ2) is 10.0. The van der Waals surface area contributed by atoms with E-state index in [1.807, 2.05) is 58.0 Å². The summed E-state index contributed by atoms with van der Waals surface area (Å²) in [6.45, 7) is 9.00. The van der Waals surface area contributed by atoms with E-state index in [-0.39, 0.29) is 12.5 Å². The molecule has 0 saturated heterocycles. The highest BCUT2D eigenvalue weighted by molar-refractivity contribution is 5.85. The summed E-state index contributed by atoms with van der Waals surface area (Å²) in [6, 6.07) is 9.00. The van der Waals surface area contributed by atoms with Gasteiger partial charge in [-0.3, -0.25) is 4.79 Å². The largest absolute Gasteiger partial charge is 0.394 e. The van der Waals surface area contributed by atoms with E-state index in [4.69, 9.17) is 0 Å². The third-order valence-corrected chi connectivity index (χ3v) is 4.51. The number of hydrogen-bond donors (Lipinski definition) is 2. The first-order chi connectivity index (χ1) is 13.0. The van der Waals surface area contributed by atoms with E-state index in [0.717, 1.165) is 29.7 Å². The van der Waals surface area contributed by atoms with Gasteiger partial charge < -0.3 is 15.3 Å². The Balaban J connectivity index is 2.30. The fraction of sp³-hybridized carbons (Fsp3) is 0.476. The van der Waals surface area contributed by atoms with E-state index >= 15 is 0 Å². The van der Waals surface area contributed by atoms with E-state index < -0.39 is 6.04 Å². The number of hydrogen-bond acceptors (Lipinski definition) is 5. The highest BCUT2D eigenvalue weighted by Crippen LogP contribution is 2.22. The van der Waals surface area contributed by atoms with Crippen LogP contribution in [0.3, 0.4) is 0 Å². The maximum atomic E-state index is 12.9. The number of nitrogens with one attached hydrogen (secondary N) is 1. The van der Waals surface area contributed by atoms with Gasteiger partial charge in [-0.2, -0.15) is 0 Å². The molecular weight excluding hydrogens is 340 g/mol. The molecule has 2 rings (SSSR count). The van der Waals surface area contributed by atoms with Gasteiger partial charge >= 0.3 is 0 Å². The summed E-state index contributed by atoms with van der Waals surface area (Å²) in [6.07, 6.45) is 1.77. The molecule has 146 valence electrons. The number of carbonyl (C=O) groups is 1. The minimum atomic E-state index is -0.722. The molecule has 27 heavy (non-hydrogen) atoms. The molecule has 0 saturated carbocycles. The molecule has 1 aromatic heterocycles. The van der Waals surface area contributed by atoms with Gasteiger partial charge in [0, 0.05) is 29.9 Å². The molecule has 2 aromatic rings. The van der Waals surface area contributed by atoms with Gasteiger partial charge in [-0.25, -0.2) is 9.97 Å². The zero-order chi connectivity index (χ0) is 19.8. The highest BCUT2D eigenvalue weighted by Gasteiger charge is 2.24. The van der Waals surface area contributed by atoms with Crippen LogP contribution in [0.25, 0.3) is 11.4 Å². The monoisotopic (exact) mass is 370 g/mol.